The number of hydrogen-bond donors (Lipinski definition) is 0. The number of fused-ring (bicyclic) bond motifs is 1. The number of nitrogens with zero attached hydrogens (tertiary/aromatic N) is 2. The van der Waals surface area contributed by atoms with Crippen molar-refractivity contribution in [2.75, 3.05) is 6.54 Å². The van der Waals surface area contributed by atoms with Gasteiger partial charge in [-0.05, 0) is 11.0 Å². The topological polar surface area (TPSA) is 15.6 Å². The number of hydrogen-bond acceptors (Lipinski definition) is 3. The molecule has 0 fully saturated rings. The highest BCUT2D eigenvalue weighted by Gasteiger charge is 2.26. The van der Waals surface area contributed by atoms with Crippen LogP contribution in [-0.4, -0.2) is 16.6 Å². The third-order valence-corrected chi connectivity index (χ3v) is 3.29. The average Bonchev–Trinajstić information content (AvgIpc) is 2.78. The van der Waals surface area contributed by atoms with Crippen molar-refractivity contribution in [1.82, 2.24) is 4.90 Å². The van der Waals surface area contributed by atoms with Gasteiger partial charge in [0.05, 0.1) is 12.6 Å². The molecule has 3 heteroatoms. The second-order valence-corrected chi connectivity index (χ2v) is 4.27. The SMILES string of the molecule is C1=CN2C[C@H](c3ccccc3)N=C2S1. The lowest BCUT2D eigenvalue weighted by atomic mass is 10.1. The van der Waals surface area contributed by atoms with E-state index in [0.29, 0.717) is 6.04 Å². The van der Waals surface area contributed by atoms with Crippen LogP contribution in [0.1, 0.15) is 11.6 Å². The summed E-state index contributed by atoms with van der Waals surface area (Å²) >= 11 is 1.71. The molecule has 0 radical (unpaired) electrons. The Morgan fingerprint density at radius 3 is 2.93 bits per heavy atom. The quantitative estimate of drug-likeness (QED) is 0.695. The Labute approximate surface area is 87.3 Å². The van der Waals surface area contributed by atoms with Gasteiger partial charge in [0, 0.05) is 6.20 Å². The summed E-state index contributed by atoms with van der Waals surface area (Å²) in [7, 11) is 0. The molecule has 14 heavy (non-hydrogen) atoms. The summed E-state index contributed by atoms with van der Waals surface area (Å²) in [5.74, 6) is 0. The van der Waals surface area contributed by atoms with Gasteiger partial charge in [-0.3, -0.25) is 4.99 Å². The van der Waals surface area contributed by atoms with Crippen molar-refractivity contribution in [3.8, 4) is 0 Å². The monoisotopic (exact) mass is 202 g/mol. The minimum absolute atomic E-state index is 0.323. The lowest BCUT2D eigenvalue weighted by Gasteiger charge is -2.10. The molecule has 0 bridgehead atoms. The summed E-state index contributed by atoms with van der Waals surface area (Å²) < 4.78 is 0. The summed E-state index contributed by atoms with van der Waals surface area (Å²) in [6.07, 6.45) is 2.10. The molecule has 0 aliphatic carbocycles. The first-order chi connectivity index (χ1) is 6.93. The van der Waals surface area contributed by atoms with Gasteiger partial charge < -0.3 is 4.90 Å². The van der Waals surface area contributed by atoms with Gasteiger partial charge in [-0.2, -0.15) is 0 Å². The second kappa shape index (κ2) is 3.17. The smallest absolute Gasteiger partial charge is 0.168 e. The van der Waals surface area contributed by atoms with Crippen molar-refractivity contribution in [3.05, 3.63) is 47.5 Å². The highest BCUT2D eigenvalue weighted by atomic mass is 32.2. The van der Waals surface area contributed by atoms with E-state index in [2.05, 4.69) is 45.8 Å². The predicted molar refractivity (Wildman–Crippen MR) is 60.1 cm³/mol. The molecule has 70 valence electrons. The highest BCUT2D eigenvalue weighted by Crippen LogP contribution is 2.32. The van der Waals surface area contributed by atoms with Crippen LogP contribution in [0, 0.1) is 0 Å². The third-order valence-electron chi connectivity index (χ3n) is 2.48. The molecule has 0 spiro atoms. The maximum Gasteiger partial charge on any atom is 0.168 e. The van der Waals surface area contributed by atoms with Crippen LogP contribution in [0.25, 0.3) is 0 Å². The summed E-state index contributed by atoms with van der Waals surface area (Å²) in [6.45, 7) is 0.989. The number of thioether (sulfide) groups is 1. The van der Waals surface area contributed by atoms with Crippen molar-refractivity contribution in [3.63, 3.8) is 0 Å². The molecule has 3 rings (SSSR count). The van der Waals surface area contributed by atoms with Crippen LogP contribution in [0.15, 0.2) is 46.9 Å². The van der Waals surface area contributed by atoms with Gasteiger partial charge in [-0.25, -0.2) is 0 Å². The summed E-state index contributed by atoms with van der Waals surface area (Å²) in [5, 5.41) is 3.22. The molecule has 1 aromatic rings. The van der Waals surface area contributed by atoms with Crippen LogP contribution in [0.3, 0.4) is 0 Å². The van der Waals surface area contributed by atoms with E-state index in [1.807, 2.05) is 6.07 Å². The van der Waals surface area contributed by atoms with E-state index in [4.69, 9.17) is 0 Å². The maximum atomic E-state index is 4.66. The van der Waals surface area contributed by atoms with Crippen LogP contribution in [0.5, 0.6) is 0 Å². The van der Waals surface area contributed by atoms with E-state index in [1.54, 1.807) is 11.8 Å². The van der Waals surface area contributed by atoms with E-state index in [1.165, 1.54) is 5.56 Å². The van der Waals surface area contributed by atoms with Crippen LogP contribution >= 0.6 is 11.8 Å². The fraction of sp³-hybridized carbons (Fsp3) is 0.182. The summed E-state index contributed by atoms with van der Waals surface area (Å²) in [5.41, 5.74) is 1.31. The fourth-order valence-corrected chi connectivity index (χ4v) is 2.54. The highest BCUT2D eigenvalue weighted by molar-refractivity contribution is 8.16. The second-order valence-electron chi connectivity index (χ2n) is 3.39. The lowest BCUT2D eigenvalue weighted by molar-refractivity contribution is 0.558. The first-order valence-electron chi connectivity index (χ1n) is 4.66. The molecule has 2 aliphatic rings. The van der Waals surface area contributed by atoms with Crippen LogP contribution in [-0.2, 0) is 0 Å². The summed E-state index contributed by atoms with van der Waals surface area (Å²) in [6, 6.07) is 10.8. The summed E-state index contributed by atoms with van der Waals surface area (Å²) in [4.78, 5) is 6.87. The number of benzene rings is 1. The molecular weight excluding hydrogens is 192 g/mol. The van der Waals surface area contributed by atoms with Gasteiger partial charge in [0.15, 0.2) is 5.17 Å². The van der Waals surface area contributed by atoms with Crippen molar-refractivity contribution in [2.45, 2.75) is 6.04 Å². The normalized spacial score (nSPS) is 23.9. The van der Waals surface area contributed by atoms with Crippen LogP contribution in [0.4, 0.5) is 0 Å². The zero-order chi connectivity index (χ0) is 9.38. The molecule has 0 amide bonds. The third kappa shape index (κ3) is 1.24. The molecule has 0 aromatic heterocycles. The zero-order valence-corrected chi connectivity index (χ0v) is 8.45. The van der Waals surface area contributed by atoms with E-state index >= 15 is 0 Å². The molecular formula is C11H10N2S. The molecule has 0 saturated heterocycles. The molecule has 2 nitrogen and oxygen atoms in total. The minimum atomic E-state index is 0.323. The largest absolute Gasteiger partial charge is 0.325 e. The lowest BCUT2D eigenvalue weighted by Crippen LogP contribution is -2.15. The predicted octanol–water partition coefficient (Wildman–Crippen LogP) is 2.62. The number of aliphatic imine (C=N–C) groups is 1. The van der Waals surface area contributed by atoms with Gasteiger partial charge in [0.2, 0.25) is 0 Å². The Hall–Kier alpha value is -1.22. The molecule has 1 aromatic carbocycles. The molecule has 0 N–H and O–H groups in total. The molecule has 2 aliphatic heterocycles. The average molecular weight is 202 g/mol. The van der Waals surface area contributed by atoms with Crippen LogP contribution in [0.2, 0.25) is 0 Å². The Morgan fingerprint density at radius 2 is 2.14 bits per heavy atom. The van der Waals surface area contributed by atoms with E-state index in [9.17, 15) is 0 Å². The number of rotatable bonds is 1. The first kappa shape index (κ1) is 8.12. The molecule has 0 saturated carbocycles. The number of amidine groups is 1. The Balaban J connectivity index is 1.88. The fourth-order valence-electron chi connectivity index (χ4n) is 1.76. The van der Waals surface area contributed by atoms with E-state index in [-0.39, 0.29) is 0 Å². The zero-order valence-electron chi connectivity index (χ0n) is 7.63. The molecule has 1 atom stereocenters. The maximum absolute atomic E-state index is 4.66. The molecule has 0 unspecified atom stereocenters. The van der Waals surface area contributed by atoms with E-state index < -0.39 is 0 Å². The van der Waals surface area contributed by atoms with Gasteiger partial charge in [0.1, 0.15) is 0 Å². The molecule has 2 heterocycles. The van der Waals surface area contributed by atoms with Crippen molar-refractivity contribution < 1.29 is 0 Å². The Kier molecular flexibility index (Phi) is 1.84. The van der Waals surface area contributed by atoms with Crippen molar-refractivity contribution in [1.29, 1.82) is 0 Å². The minimum Gasteiger partial charge on any atom is -0.325 e. The van der Waals surface area contributed by atoms with Gasteiger partial charge in [-0.15, -0.1) is 0 Å². The van der Waals surface area contributed by atoms with E-state index in [0.717, 1.165) is 11.7 Å². The van der Waals surface area contributed by atoms with Crippen molar-refractivity contribution >= 4 is 16.9 Å². The first-order valence-corrected chi connectivity index (χ1v) is 5.54. The Morgan fingerprint density at radius 1 is 1.29 bits per heavy atom. The van der Waals surface area contributed by atoms with Gasteiger partial charge in [-0.1, -0.05) is 42.1 Å². The van der Waals surface area contributed by atoms with Crippen molar-refractivity contribution in [2.24, 2.45) is 4.99 Å². The van der Waals surface area contributed by atoms with Crippen LogP contribution < -0.4 is 0 Å². The Bertz CT molecular complexity index is 397. The van der Waals surface area contributed by atoms with Gasteiger partial charge in [0.25, 0.3) is 0 Å². The standard InChI is InChI=1S/C11H10N2S/c1-2-4-9(5-3-1)10-8-13-6-7-14-11(13)12-10/h1-7,10H,8H2/t10-/m1/s1. The van der Waals surface area contributed by atoms with Gasteiger partial charge >= 0.3 is 0 Å².